The number of nitrogens with zero attached hydrogens (tertiary/aromatic N) is 1. The van der Waals surface area contributed by atoms with Crippen molar-refractivity contribution >= 4 is 11.9 Å². The molecule has 0 aromatic rings. The summed E-state index contributed by atoms with van der Waals surface area (Å²) in [4.78, 5) is 26.7. The van der Waals surface area contributed by atoms with Crippen molar-refractivity contribution in [1.82, 2.24) is 4.90 Å². The normalized spacial score (nSPS) is 48.7. The van der Waals surface area contributed by atoms with Gasteiger partial charge < -0.3 is 9.64 Å². The molecule has 7 atom stereocenters. The molecule has 0 N–H and O–H groups in total. The van der Waals surface area contributed by atoms with Gasteiger partial charge in [-0.1, -0.05) is 13.8 Å². The highest BCUT2D eigenvalue weighted by molar-refractivity contribution is 5.78. The molecule has 0 radical (unpaired) electrons. The smallest absolute Gasteiger partial charge is 0.309 e. The fourth-order valence-electron chi connectivity index (χ4n) is 5.90. The predicted molar refractivity (Wildman–Crippen MR) is 77.3 cm³/mol. The maximum absolute atomic E-state index is 12.4. The van der Waals surface area contributed by atoms with Gasteiger partial charge in [-0.25, -0.2) is 0 Å². The van der Waals surface area contributed by atoms with E-state index in [0.29, 0.717) is 42.0 Å². The second-order valence-corrected chi connectivity index (χ2v) is 7.43. The predicted octanol–water partition coefficient (Wildman–Crippen LogP) is 2.22. The molecule has 1 amide bonds. The highest BCUT2D eigenvalue weighted by Crippen LogP contribution is 2.55. The van der Waals surface area contributed by atoms with Crippen LogP contribution < -0.4 is 0 Å². The van der Waals surface area contributed by atoms with Crippen molar-refractivity contribution in [2.75, 3.05) is 6.54 Å². The lowest BCUT2D eigenvalue weighted by Gasteiger charge is -2.47. The van der Waals surface area contributed by atoms with Crippen LogP contribution in [0.15, 0.2) is 0 Å². The van der Waals surface area contributed by atoms with Gasteiger partial charge in [-0.3, -0.25) is 9.59 Å². The van der Waals surface area contributed by atoms with E-state index in [1.54, 1.807) is 0 Å². The fourth-order valence-corrected chi connectivity index (χ4v) is 5.90. The minimum atomic E-state index is -0.00955. The first-order valence-corrected chi connectivity index (χ1v) is 8.63. The van der Waals surface area contributed by atoms with E-state index in [9.17, 15) is 9.59 Å². The van der Waals surface area contributed by atoms with E-state index in [4.69, 9.17) is 4.74 Å². The Labute approximate surface area is 126 Å². The molecule has 3 aliphatic heterocycles. The van der Waals surface area contributed by atoms with Gasteiger partial charge in [-0.15, -0.1) is 0 Å². The maximum atomic E-state index is 12.4. The van der Waals surface area contributed by atoms with Crippen LogP contribution in [0.5, 0.6) is 0 Å². The summed E-state index contributed by atoms with van der Waals surface area (Å²) in [5.41, 5.74) is 0. The van der Waals surface area contributed by atoms with Crippen LogP contribution in [0.1, 0.15) is 46.0 Å². The van der Waals surface area contributed by atoms with E-state index in [1.807, 2.05) is 6.92 Å². The third-order valence-electron chi connectivity index (χ3n) is 6.71. The molecule has 1 saturated carbocycles. The Kier molecular flexibility index (Phi) is 3.05. The summed E-state index contributed by atoms with van der Waals surface area (Å²) < 4.78 is 5.81. The molecule has 0 bridgehead atoms. The fraction of sp³-hybridized carbons (Fsp3) is 0.882. The third kappa shape index (κ3) is 1.74. The highest BCUT2D eigenvalue weighted by Gasteiger charge is 2.61. The van der Waals surface area contributed by atoms with Gasteiger partial charge in [0.05, 0.1) is 5.92 Å². The molecule has 3 saturated heterocycles. The van der Waals surface area contributed by atoms with Crippen LogP contribution >= 0.6 is 0 Å². The molecule has 3 heterocycles. The minimum Gasteiger partial charge on any atom is -0.462 e. The van der Waals surface area contributed by atoms with Crippen LogP contribution in [0, 0.1) is 29.6 Å². The summed E-state index contributed by atoms with van der Waals surface area (Å²) >= 11 is 0. The zero-order chi connectivity index (χ0) is 14.7. The number of hydrogen-bond donors (Lipinski definition) is 0. The number of hydrogen-bond acceptors (Lipinski definition) is 3. The zero-order valence-electron chi connectivity index (χ0n) is 13.0. The number of amides is 1. The molecule has 4 rings (SSSR count). The summed E-state index contributed by atoms with van der Waals surface area (Å²) in [6.45, 7) is 5.14. The third-order valence-corrected chi connectivity index (χ3v) is 6.71. The largest absolute Gasteiger partial charge is 0.462 e. The van der Waals surface area contributed by atoms with Crippen LogP contribution in [0.25, 0.3) is 0 Å². The van der Waals surface area contributed by atoms with E-state index in [2.05, 4.69) is 11.8 Å². The van der Waals surface area contributed by atoms with Crippen molar-refractivity contribution < 1.29 is 14.3 Å². The van der Waals surface area contributed by atoms with E-state index < -0.39 is 0 Å². The Morgan fingerprint density at radius 2 is 2.05 bits per heavy atom. The molecule has 0 unspecified atom stereocenters. The molecule has 21 heavy (non-hydrogen) atoms. The lowest BCUT2D eigenvalue weighted by molar-refractivity contribution is -0.149. The van der Waals surface area contributed by atoms with Crippen LogP contribution in [0.3, 0.4) is 0 Å². The first-order chi connectivity index (χ1) is 10.1. The van der Waals surface area contributed by atoms with Crippen molar-refractivity contribution in [1.29, 1.82) is 0 Å². The number of carbonyl (C=O) groups is 2. The van der Waals surface area contributed by atoms with Crippen LogP contribution in [0.2, 0.25) is 0 Å². The molecule has 4 heteroatoms. The molecule has 4 fully saturated rings. The van der Waals surface area contributed by atoms with E-state index in [0.717, 1.165) is 32.2 Å². The quantitative estimate of drug-likeness (QED) is 0.696. The SMILES string of the molecule is CC[C@@H]1[C@H]2CCCC(=O)N3CC[C@H]([C@@H]4[C@H]1OC(=O)[C@H]4C)[C@@H]23. The molecular weight excluding hydrogens is 266 g/mol. The first-order valence-electron chi connectivity index (χ1n) is 8.63. The molecule has 4 aliphatic rings. The zero-order valence-corrected chi connectivity index (χ0v) is 13.0. The van der Waals surface area contributed by atoms with Crippen molar-refractivity contribution in [3.63, 3.8) is 0 Å². The molecule has 0 spiro atoms. The molecule has 0 aromatic carbocycles. The lowest BCUT2D eigenvalue weighted by Crippen LogP contribution is -2.54. The van der Waals surface area contributed by atoms with Crippen LogP contribution in [-0.2, 0) is 14.3 Å². The van der Waals surface area contributed by atoms with Gasteiger partial charge in [0.2, 0.25) is 5.91 Å². The number of ether oxygens (including phenoxy) is 1. The van der Waals surface area contributed by atoms with Crippen molar-refractivity contribution in [3.05, 3.63) is 0 Å². The van der Waals surface area contributed by atoms with E-state index in [1.165, 1.54) is 0 Å². The van der Waals surface area contributed by atoms with E-state index >= 15 is 0 Å². The van der Waals surface area contributed by atoms with Gasteiger partial charge in [-0.05, 0) is 37.5 Å². The van der Waals surface area contributed by atoms with Crippen molar-refractivity contribution in [3.8, 4) is 0 Å². The summed E-state index contributed by atoms with van der Waals surface area (Å²) in [5, 5.41) is 0. The Balaban J connectivity index is 1.76. The monoisotopic (exact) mass is 291 g/mol. The Morgan fingerprint density at radius 1 is 1.24 bits per heavy atom. The Hall–Kier alpha value is -1.06. The molecule has 4 nitrogen and oxygen atoms in total. The van der Waals surface area contributed by atoms with Crippen molar-refractivity contribution in [2.45, 2.75) is 58.1 Å². The van der Waals surface area contributed by atoms with Crippen molar-refractivity contribution in [2.24, 2.45) is 29.6 Å². The summed E-state index contributed by atoms with van der Waals surface area (Å²) in [7, 11) is 0. The summed E-state index contributed by atoms with van der Waals surface area (Å²) in [6.07, 6.45) is 5.05. The second-order valence-electron chi connectivity index (χ2n) is 7.43. The second kappa shape index (κ2) is 4.72. The summed E-state index contributed by atoms with van der Waals surface area (Å²) in [6, 6.07) is 0.378. The van der Waals surface area contributed by atoms with Gasteiger partial charge >= 0.3 is 5.97 Å². The van der Waals surface area contributed by atoms with Crippen LogP contribution in [-0.4, -0.2) is 35.5 Å². The van der Waals surface area contributed by atoms with E-state index in [-0.39, 0.29) is 18.0 Å². The molecule has 0 aromatic heterocycles. The van der Waals surface area contributed by atoms with Gasteiger partial charge in [0.25, 0.3) is 0 Å². The van der Waals surface area contributed by atoms with Gasteiger partial charge in [-0.2, -0.15) is 0 Å². The summed E-state index contributed by atoms with van der Waals surface area (Å²) in [5.74, 6) is 2.13. The standard InChI is InChI=1S/C17H25NO3/c1-3-10-11-5-4-6-13(19)18-8-7-12(15(11)18)14-9(2)17(20)21-16(10)14/h9-12,14-16H,3-8H2,1-2H3/t9-,10+,11+,12+,14+,15+,16-/m0/s1. The van der Waals surface area contributed by atoms with Gasteiger partial charge in [0.1, 0.15) is 6.10 Å². The Morgan fingerprint density at radius 3 is 2.81 bits per heavy atom. The number of carbonyl (C=O) groups excluding carboxylic acids is 2. The molecule has 116 valence electrons. The molecular formula is C17H25NO3. The van der Waals surface area contributed by atoms with Gasteiger partial charge in [0, 0.05) is 30.8 Å². The van der Waals surface area contributed by atoms with Gasteiger partial charge in [0.15, 0.2) is 0 Å². The highest BCUT2D eigenvalue weighted by atomic mass is 16.6. The average Bonchev–Trinajstić information content (AvgIpc) is 2.96. The number of rotatable bonds is 1. The topological polar surface area (TPSA) is 46.6 Å². The number of fused-ring (bicyclic) bond motifs is 2. The average molecular weight is 291 g/mol. The maximum Gasteiger partial charge on any atom is 0.309 e. The molecule has 1 aliphatic carbocycles. The first kappa shape index (κ1) is 13.6. The number of esters is 1. The minimum absolute atomic E-state index is 0.00769. The Bertz CT molecular complexity index is 477. The lowest BCUT2D eigenvalue weighted by atomic mass is 9.60. The van der Waals surface area contributed by atoms with Crippen LogP contribution in [0.4, 0.5) is 0 Å².